The molecule has 0 saturated carbocycles. The molecule has 2 rings (SSSR count). The molecule has 1 amide bonds. The average molecular weight is 288 g/mol. The second kappa shape index (κ2) is 6.41. The van der Waals surface area contributed by atoms with E-state index >= 15 is 0 Å². The van der Waals surface area contributed by atoms with E-state index < -0.39 is 6.04 Å². The maximum absolute atomic E-state index is 12.2. The Morgan fingerprint density at radius 2 is 2.19 bits per heavy atom. The van der Waals surface area contributed by atoms with Crippen LogP contribution in [0.15, 0.2) is 36.7 Å². The molecule has 0 spiro atoms. The number of nitrogens with two attached hydrogens (primary N) is 1. The van der Waals surface area contributed by atoms with Crippen LogP contribution in [0.4, 0.5) is 0 Å². The van der Waals surface area contributed by atoms with Gasteiger partial charge in [0, 0.05) is 18.8 Å². The number of carbonyl (C=O) groups excluding carboxylic acids is 1. The predicted octanol–water partition coefficient (Wildman–Crippen LogP) is 1.31. The van der Waals surface area contributed by atoms with E-state index in [2.05, 4.69) is 10.4 Å². The van der Waals surface area contributed by atoms with Crippen molar-refractivity contribution in [1.29, 1.82) is 0 Å². The fourth-order valence-electron chi connectivity index (χ4n) is 2.05. The van der Waals surface area contributed by atoms with Crippen molar-refractivity contribution in [1.82, 2.24) is 15.1 Å². The van der Waals surface area contributed by atoms with E-state index in [1.165, 1.54) is 0 Å². The smallest absolute Gasteiger partial charge is 0.242 e. The molecule has 2 unspecified atom stereocenters. The Kier molecular flexibility index (Phi) is 4.59. The summed E-state index contributed by atoms with van der Waals surface area (Å²) in [6.45, 7) is 1.91. The minimum Gasteiger partial charge on any atom is -0.497 e. The Labute approximate surface area is 123 Å². The molecular formula is C15H20N4O2. The Morgan fingerprint density at radius 1 is 1.43 bits per heavy atom. The van der Waals surface area contributed by atoms with Crippen LogP contribution in [-0.4, -0.2) is 22.8 Å². The lowest BCUT2D eigenvalue weighted by Gasteiger charge is -2.17. The highest BCUT2D eigenvalue weighted by Crippen LogP contribution is 2.19. The van der Waals surface area contributed by atoms with E-state index in [1.807, 2.05) is 31.2 Å². The molecule has 0 aliphatic carbocycles. The summed E-state index contributed by atoms with van der Waals surface area (Å²) < 4.78 is 6.80. The molecule has 3 N–H and O–H groups in total. The summed E-state index contributed by atoms with van der Waals surface area (Å²) >= 11 is 0. The molecule has 1 aromatic carbocycles. The van der Waals surface area contributed by atoms with Gasteiger partial charge in [0.25, 0.3) is 0 Å². The fourth-order valence-corrected chi connectivity index (χ4v) is 2.05. The number of aromatic nitrogens is 2. The molecule has 0 aliphatic heterocycles. The highest BCUT2D eigenvalue weighted by Gasteiger charge is 2.19. The minimum absolute atomic E-state index is 0.157. The summed E-state index contributed by atoms with van der Waals surface area (Å²) in [4.78, 5) is 12.2. The number of nitrogens with one attached hydrogen (secondary N) is 1. The standard InChI is InChI=1S/C15H20N4O2/c1-10(11-5-4-6-13(7-11)21-3)18-15(20)14(16)12-8-17-19(2)9-12/h4-10,14H,16H2,1-3H3,(H,18,20). The molecule has 2 aromatic rings. The van der Waals surface area contributed by atoms with Crippen molar-refractivity contribution in [3.05, 3.63) is 47.8 Å². The van der Waals surface area contributed by atoms with Gasteiger partial charge in [-0.05, 0) is 24.6 Å². The third kappa shape index (κ3) is 3.61. The van der Waals surface area contributed by atoms with Crippen molar-refractivity contribution >= 4 is 5.91 Å². The van der Waals surface area contributed by atoms with Gasteiger partial charge >= 0.3 is 0 Å². The first kappa shape index (κ1) is 15.1. The maximum Gasteiger partial charge on any atom is 0.242 e. The Morgan fingerprint density at radius 3 is 2.81 bits per heavy atom. The van der Waals surface area contributed by atoms with Crippen molar-refractivity contribution in [2.24, 2.45) is 12.8 Å². The third-order valence-corrected chi connectivity index (χ3v) is 3.32. The Balaban J connectivity index is 2.04. The van der Waals surface area contributed by atoms with Crippen LogP contribution in [0.2, 0.25) is 0 Å². The molecule has 0 fully saturated rings. The highest BCUT2D eigenvalue weighted by atomic mass is 16.5. The molecule has 6 nitrogen and oxygen atoms in total. The SMILES string of the molecule is COc1cccc(C(C)NC(=O)C(N)c2cnn(C)c2)c1. The number of ether oxygens (including phenoxy) is 1. The van der Waals surface area contributed by atoms with Gasteiger partial charge in [-0.2, -0.15) is 5.10 Å². The Bertz CT molecular complexity index is 624. The van der Waals surface area contributed by atoms with Crippen molar-refractivity contribution < 1.29 is 9.53 Å². The summed E-state index contributed by atoms with van der Waals surface area (Å²) in [6, 6.07) is 6.68. The molecule has 112 valence electrons. The lowest BCUT2D eigenvalue weighted by Crippen LogP contribution is -2.35. The quantitative estimate of drug-likeness (QED) is 0.869. The topological polar surface area (TPSA) is 82.2 Å². The zero-order valence-electron chi connectivity index (χ0n) is 12.4. The second-order valence-corrected chi connectivity index (χ2v) is 4.93. The van der Waals surface area contributed by atoms with Crippen LogP contribution in [0.3, 0.4) is 0 Å². The fraction of sp³-hybridized carbons (Fsp3) is 0.333. The van der Waals surface area contributed by atoms with Gasteiger partial charge in [0.2, 0.25) is 5.91 Å². The van der Waals surface area contributed by atoms with Crippen LogP contribution in [0.5, 0.6) is 5.75 Å². The third-order valence-electron chi connectivity index (χ3n) is 3.32. The van der Waals surface area contributed by atoms with E-state index in [-0.39, 0.29) is 11.9 Å². The maximum atomic E-state index is 12.2. The molecule has 0 radical (unpaired) electrons. The number of nitrogens with zero attached hydrogens (tertiary/aromatic N) is 2. The van der Waals surface area contributed by atoms with Crippen LogP contribution >= 0.6 is 0 Å². The summed E-state index contributed by atoms with van der Waals surface area (Å²) in [6.07, 6.45) is 3.33. The highest BCUT2D eigenvalue weighted by molar-refractivity contribution is 5.83. The van der Waals surface area contributed by atoms with Gasteiger partial charge in [0.15, 0.2) is 0 Å². The number of benzene rings is 1. The van der Waals surface area contributed by atoms with Gasteiger partial charge in [0.05, 0.1) is 19.3 Å². The molecule has 2 atom stereocenters. The van der Waals surface area contributed by atoms with Crippen molar-refractivity contribution in [2.75, 3.05) is 7.11 Å². The van der Waals surface area contributed by atoms with E-state index in [4.69, 9.17) is 10.5 Å². The first-order valence-electron chi connectivity index (χ1n) is 6.69. The number of aryl methyl sites for hydroxylation is 1. The van der Waals surface area contributed by atoms with Crippen LogP contribution < -0.4 is 15.8 Å². The first-order valence-corrected chi connectivity index (χ1v) is 6.69. The van der Waals surface area contributed by atoms with Gasteiger partial charge in [-0.25, -0.2) is 0 Å². The van der Waals surface area contributed by atoms with Gasteiger partial charge in [-0.1, -0.05) is 12.1 Å². The summed E-state index contributed by atoms with van der Waals surface area (Å²) in [7, 11) is 3.40. The normalized spacial score (nSPS) is 13.5. The van der Waals surface area contributed by atoms with Gasteiger partial charge in [-0.3, -0.25) is 9.48 Å². The number of rotatable bonds is 5. The van der Waals surface area contributed by atoms with Crippen molar-refractivity contribution in [2.45, 2.75) is 19.0 Å². The van der Waals surface area contributed by atoms with Gasteiger partial charge in [-0.15, -0.1) is 0 Å². The number of methoxy groups -OCH3 is 1. The average Bonchev–Trinajstić information content (AvgIpc) is 2.92. The molecular weight excluding hydrogens is 268 g/mol. The Hall–Kier alpha value is -2.34. The van der Waals surface area contributed by atoms with E-state index in [9.17, 15) is 4.79 Å². The molecule has 6 heteroatoms. The number of amides is 1. The van der Waals surface area contributed by atoms with Crippen LogP contribution in [-0.2, 0) is 11.8 Å². The first-order chi connectivity index (χ1) is 10.0. The summed E-state index contributed by atoms with van der Waals surface area (Å²) in [5.41, 5.74) is 7.59. The van der Waals surface area contributed by atoms with Crippen LogP contribution in [0, 0.1) is 0 Å². The monoisotopic (exact) mass is 288 g/mol. The van der Waals surface area contributed by atoms with Crippen LogP contribution in [0.25, 0.3) is 0 Å². The van der Waals surface area contributed by atoms with Crippen molar-refractivity contribution in [3.63, 3.8) is 0 Å². The number of carbonyl (C=O) groups is 1. The van der Waals surface area contributed by atoms with E-state index in [0.29, 0.717) is 5.56 Å². The lowest BCUT2D eigenvalue weighted by molar-refractivity contribution is -0.123. The van der Waals surface area contributed by atoms with E-state index in [1.54, 1.807) is 31.2 Å². The molecule has 0 aliphatic rings. The number of hydrogen-bond acceptors (Lipinski definition) is 4. The molecule has 0 bridgehead atoms. The molecule has 21 heavy (non-hydrogen) atoms. The van der Waals surface area contributed by atoms with Crippen molar-refractivity contribution in [3.8, 4) is 5.75 Å². The van der Waals surface area contributed by atoms with Crippen LogP contribution in [0.1, 0.15) is 30.1 Å². The molecule has 1 heterocycles. The molecule has 1 aromatic heterocycles. The lowest BCUT2D eigenvalue weighted by atomic mass is 10.1. The zero-order chi connectivity index (χ0) is 15.4. The van der Waals surface area contributed by atoms with E-state index in [0.717, 1.165) is 11.3 Å². The largest absolute Gasteiger partial charge is 0.497 e. The predicted molar refractivity (Wildman–Crippen MR) is 79.7 cm³/mol. The summed E-state index contributed by atoms with van der Waals surface area (Å²) in [5, 5.41) is 6.92. The second-order valence-electron chi connectivity index (χ2n) is 4.93. The van der Waals surface area contributed by atoms with Gasteiger partial charge in [0.1, 0.15) is 11.8 Å². The zero-order valence-corrected chi connectivity index (χ0v) is 12.4. The minimum atomic E-state index is -0.730. The molecule has 0 saturated heterocycles. The summed E-state index contributed by atoms with van der Waals surface area (Å²) in [5.74, 6) is 0.517. The number of hydrogen-bond donors (Lipinski definition) is 2. The van der Waals surface area contributed by atoms with Gasteiger partial charge < -0.3 is 15.8 Å².